The maximum Gasteiger partial charge on any atom is 0.490 e. The quantitative estimate of drug-likeness (QED) is 0.441. The summed E-state index contributed by atoms with van der Waals surface area (Å²) in [4.78, 5) is 39.1. The Bertz CT molecular complexity index is 1170. The van der Waals surface area contributed by atoms with Crippen molar-refractivity contribution in [3.63, 3.8) is 0 Å². The summed E-state index contributed by atoms with van der Waals surface area (Å²) in [6.07, 6.45) is -4.22. The molecule has 3 amide bonds. The average molecular weight is 577 g/mol. The van der Waals surface area contributed by atoms with Crippen molar-refractivity contribution >= 4 is 17.9 Å². The van der Waals surface area contributed by atoms with Crippen LogP contribution in [0, 0.1) is 25.7 Å². The van der Waals surface area contributed by atoms with Crippen LogP contribution in [0.1, 0.15) is 53.4 Å². The Kier molecular flexibility index (Phi) is 10.8. The first-order valence-electron chi connectivity index (χ1n) is 13.8. The molecule has 2 aliphatic rings. The van der Waals surface area contributed by atoms with Gasteiger partial charge in [0.25, 0.3) is 5.91 Å². The molecule has 0 radical (unpaired) electrons. The van der Waals surface area contributed by atoms with Crippen LogP contribution in [0.5, 0.6) is 0 Å². The fourth-order valence-electron chi connectivity index (χ4n) is 5.53. The number of nitrogens with zero attached hydrogens (tertiary/aromatic N) is 2. The SMILES string of the molecule is Cc1cccc(C)c1C(=O)N1CC2CN(CCC(NC(=O)NC(C)C)c3ccccc3)C[C@H]2C1.O=C(O)C(F)(F)F. The van der Waals surface area contributed by atoms with Crippen molar-refractivity contribution < 1.29 is 32.7 Å². The van der Waals surface area contributed by atoms with Crippen LogP contribution in [0.4, 0.5) is 18.0 Å². The van der Waals surface area contributed by atoms with Gasteiger partial charge in [0.05, 0.1) is 6.04 Å². The molecule has 0 bridgehead atoms. The van der Waals surface area contributed by atoms with Crippen LogP contribution in [0.25, 0.3) is 0 Å². The Morgan fingerprint density at radius 2 is 1.44 bits per heavy atom. The first-order chi connectivity index (χ1) is 19.3. The normalized spacial score (nSPS) is 19.3. The third-order valence-electron chi connectivity index (χ3n) is 7.45. The second-order valence-electron chi connectivity index (χ2n) is 11.1. The molecule has 2 aliphatic heterocycles. The van der Waals surface area contributed by atoms with Crippen molar-refractivity contribution in [1.29, 1.82) is 0 Å². The zero-order valence-electron chi connectivity index (χ0n) is 23.9. The van der Waals surface area contributed by atoms with E-state index in [2.05, 4.69) is 32.6 Å². The van der Waals surface area contributed by atoms with Gasteiger partial charge in [-0.15, -0.1) is 0 Å². The number of benzene rings is 2. The van der Waals surface area contributed by atoms with Crippen LogP contribution in [-0.2, 0) is 4.79 Å². The topological polar surface area (TPSA) is 102 Å². The maximum atomic E-state index is 13.2. The summed E-state index contributed by atoms with van der Waals surface area (Å²) in [7, 11) is 0. The van der Waals surface area contributed by atoms with Crippen LogP contribution >= 0.6 is 0 Å². The number of fused-ring (bicyclic) bond motifs is 1. The number of nitrogens with one attached hydrogen (secondary N) is 2. The number of alkyl halides is 3. The minimum atomic E-state index is -5.08. The zero-order valence-corrected chi connectivity index (χ0v) is 23.9. The number of carboxylic acid groups (broad SMARTS) is 1. The highest BCUT2D eigenvalue weighted by Gasteiger charge is 2.42. The van der Waals surface area contributed by atoms with E-state index in [9.17, 15) is 22.8 Å². The third-order valence-corrected chi connectivity index (χ3v) is 7.45. The molecule has 11 heteroatoms. The Labute approximate surface area is 238 Å². The van der Waals surface area contributed by atoms with Gasteiger partial charge in [-0.3, -0.25) is 4.79 Å². The molecule has 3 atom stereocenters. The van der Waals surface area contributed by atoms with Crippen molar-refractivity contribution in [3.05, 3.63) is 70.8 Å². The van der Waals surface area contributed by atoms with E-state index in [1.54, 1.807) is 0 Å². The van der Waals surface area contributed by atoms with Gasteiger partial charge in [-0.1, -0.05) is 48.5 Å². The summed E-state index contributed by atoms with van der Waals surface area (Å²) in [6.45, 7) is 12.6. The highest BCUT2D eigenvalue weighted by molar-refractivity contribution is 5.97. The number of carboxylic acids is 1. The predicted molar refractivity (Wildman–Crippen MR) is 150 cm³/mol. The Hall–Kier alpha value is -3.60. The van der Waals surface area contributed by atoms with E-state index in [4.69, 9.17) is 9.90 Å². The molecule has 0 spiro atoms. The number of likely N-dealkylation sites (tertiary alicyclic amines) is 2. The van der Waals surface area contributed by atoms with E-state index in [-0.39, 0.29) is 24.0 Å². The Morgan fingerprint density at radius 1 is 0.902 bits per heavy atom. The van der Waals surface area contributed by atoms with Crippen molar-refractivity contribution in [1.82, 2.24) is 20.4 Å². The van der Waals surface area contributed by atoms with Gasteiger partial charge in [0.1, 0.15) is 0 Å². The summed E-state index contributed by atoms with van der Waals surface area (Å²) < 4.78 is 31.7. The standard InChI is InChI=1S/C28H38N4O2.C2HF3O2/c1-19(2)29-28(34)30-25(22-11-6-5-7-12-22)13-14-31-15-23-17-32(18-24(23)16-31)27(33)26-20(3)9-8-10-21(26)4;3-2(4,5)1(6)7/h5-12,19,23-25H,13-18H2,1-4H3,(H2,29,30,34);(H,6,7)/t23-,24?,25?;/m0./s1. The number of hydrogen-bond acceptors (Lipinski definition) is 4. The number of carbonyl (C=O) groups excluding carboxylic acids is 2. The number of halogens is 3. The number of amides is 3. The Balaban J connectivity index is 0.000000587. The van der Waals surface area contributed by atoms with Gasteiger partial charge >= 0.3 is 18.2 Å². The van der Waals surface area contributed by atoms with Crippen LogP contribution < -0.4 is 10.6 Å². The molecule has 2 fully saturated rings. The lowest BCUT2D eigenvalue weighted by atomic mass is 10.0. The first kappa shape index (κ1) is 31.9. The molecule has 2 aromatic carbocycles. The Morgan fingerprint density at radius 3 is 1.93 bits per heavy atom. The molecular weight excluding hydrogens is 537 g/mol. The number of aliphatic carboxylic acids is 1. The molecule has 2 unspecified atom stereocenters. The number of urea groups is 1. The molecule has 41 heavy (non-hydrogen) atoms. The zero-order chi connectivity index (χ0) is 30.3. The first-order valence-corrected chi connectivity index (χ1v) is 13.8. The van der Waals surface area contributed by atoms with Gasteiger partial charge in [-0.2, -0.15) is 13.2 Å². The van der Waals surface area contributed by atoms with Crippen LogP contribution in [0.3, 0.4) is 0 Å². The molecule has 224 valence electrons. The second-order valence-corrected chi connectivity index (χ2v) is 11.1. The smallest absolute Gasteiger partial charge is 0.475 e. The van der Waals surface area contributed by atoms with Gasteiger partial charge in [0, 0.05) is 44.3 Å². The van der Waals surface area contributed by atoms with E-state index in [1.165, 1.54) is 0 Å². The van der Waals surface area contributed by atoms with Crippen LogP contribution in [0.15, 0.2) is 48.5 Å². The van der Waals surface area contributed by atoms with E-state index < -0.39 is 12.1 Å². The summed E-state index contributed by atoms with van der Waals surface area (Å²) in [5.74, 6) is -1.52. The lowest BCUT2D eigenvalue weighted by Crippen LogP contribution is -2.42. The van der Waals surface area contributed by atoms with Gasteiger partial charge in [-0.05, 0) is 62.6 Å². The number of carbonyl (C=O) groups is 3. The van der Waals surface area contributed by atoms with E-state index in [0.717, 1.165) is 61.4 Å². The molecule has 4 rings (SSSR count). The van der Waals surface area contributed by atoms with Crippen molar-refractivity contribution in [2.45, 2.75) is 52.4 Å². The van der Waals surface area contributed by atoms with Crippen molar-refractivity contribution in [2.24, 2.45) is 11.8 Å². The number of rotatable bonds is 7. The van der Waals surface area contributed by atoms with Gasteiger partial charge in [-0.25, -0.2) is 9.59 Å². The highest BCUT2D eigenvalue weighted by Crippen LogP contribution is 2.33. The third kappa shape index (κ3) is 8.94. The fraction of sp³-hybridized carbons (Fsp3) is 0.500. The maximum absolute atomic E-state index is 13.2. The van der Waals surface area contributed by atoms with E-state index in [1.807, 2.05) is 64.1 Å². The molecule has 0 aliphatic carbocycles. The molecule has 2 heterocycles. The summed E-state index contributed by atoms with van der Waals surface area (Å²) in [5.41, 5.74) is 4.12. The lowest BCUT2D eigenvalue weighted by molar-refractivity contribution is -0.192. The molecule has 2 aromatic rings. The van der Waals surface area contributed by atoms with E-state index in [0.29, 0.717) is 11.8 Å². The van der Waals surface area contributed by atoms with Crippen molar-refractivity contribution in [3.8, 4) is 0 Å². The lowest BCUT2D eigenvalue weighted by Gasteiger charge is -2.25. The number of aryl methyl sites for hydroxylation is 2. The summed E-state index contributed by atoms with van der Waals surface area (Å²) >= 11 is 0. The molecule has 0 saturated carbocycles. The van der Waals surface area contributed by atoms with Crippen molar-refractivity contribution in [2.75, 3.05) is 32.7 Å². The van der Waals surface area contributed by atoms with Gasteiger partial charge in [0.2, 0.25) is 0 Å². The average Bonchev–Trinajstić information content (AvgIpc) is 3.45. The van der Waals surface area contributed by atoms with Crippen LogP contribution in [-0.4, -0.2) is 77.8 Å². The minimum Gasteiger partial charge on any atom is -0.475 e. The molecule has 2 saturated heterocycles. The molecule has 8 nitrogen and oxygen atoms in total. The second kappa shape index (κ2) is 13.8. The minimum absolute atomic E-state index is 0.0255. The molecular formula is C30H39F3N4O4. The predicted octanol–water partition coefficient (Wildman–Crippen LogP) is 4.78. The molecule has 3 N–H and O–H groups in total. The van der Waals surface area contributed by atoms with Crippen LogP contribution in [0.2, 0.25) is 0 Å². The highest BCUT2D eigenvalue weighted by atomic mass is 19.4. The van der Waals surface area contributed by atoms with E-state index >= 15 is 0 Å². The summed E-state index contributed by atoms with van der Waals surface area (Å²) in [5, 5.41) is 13.2. The molecule has 0 aromatic heterocycles. The monoisotopic (exact) mass is 576 g/mol. The largest absolute Gasteiger partial charge is 0.490 e. The van der Waals surface area contributed by atoms with Gasteiger partial charge < -0.3 is 25.5 Å². The number of hydrogen-bond donors (Lipinski definition) is 3. The fourth-order valence-corrected chi connectivity index (χ4v) is 5.53. The van der Waals surface area contributed by atoms with Gasteiger partial charge in [0.15, 0.2) is 0 Å². The summed E-state index contributed by atoms with van der Waals surface area (Å²) in [6, 6.07) is 16.2.